The van der Waals surface area contributed by atoms with E-state index in [1.165, 1.54) is 0 Å². The Hall–Kier alpha value is -3.41. The van der Waals surface area contributed by atoms with Crippen LogP contribution in [0.3, 0.4) is 0 Å². The molecule has 0 unspecified atom stereocenters. The van der Waals surface area contributed by atoms with Crippen molar-refractivity contribution in [1.29, 1.82) is 0 Å². The predicted molar refractivity (Wildman–Crippen MR) is 134 cm³/mol. The van der Waals surface area contributed by atoms with E-state index in [2.05, 4.69) is 24.5 Å². The summed E-state index contributed by atoms with van der Waals surface area (Å²) in [5, 5.41) is 6.35. The van der Waals surface area contributed by atoms with Gasteiger partial charge in [0.15, 0.2) is 5.78 Å². The molecule has 1 aliphatic carbocycles. The Balaban J connectivity index is 1.82. The van der Waals surface area contributed by atoms with Crippen LogP contribution in [0.2, 0.25) is 0 Å². The van der Waals surface area contributed by atoms with Gasteiger partial charge in [0.2, 0.25) is 11.8 Å². The molecule has 2 aromatic rings. The fourth-order valence-corrected chi connectivity index (χ4v) is 4.91. The van der Waals surface area contributed by atoms with Crippen molar-refractivity contribution < 1.29 is 14.4 Å². The highest BCUT2D eigenvalue weighted by molar-refractivity contribution is 6.06. The van der Waals surface area contributed by atoms with Gasteiger partial charge >= 0.3 is 0 Å². The molecule has 0 spiro atoms. The molecular weight excluding hydrogens is 426 g/mol. The third-order valence-electron chi connectivity index (χ3n) is 6.42. The maximum Gasteiger partial charge on any atom is 0.228 e. The van der Waals surface area contributed by atoms with Crippen LogP contribution in [0.15, 0.2) is 65.9 Å². The summed E-state index contributed by atoms with van der Waals surface area (Å²) in [5.74, 6) is -0.261. The summed E-state index contributed by atoms with van der Waals surface area (Å²) in [6.45, 7) is 6.78. The molecule has 0 bridgehead atoms. The molecule has 6 heteroatoms. The fraction of sp³-hybridized carbons (Fsp3) is 0.393. The lowest BCUT2D eigenvalue weighted by Gasteiger charge is -2.37. The minimum atomic E-state index is -0.554. The van der Waals surface area contributed by atoms with Gasteiger partial charge in [-0.25, -0.2) is 0 Å². The second kappa shape index (κ2) is 9.84. The van der Waals surface area contributed by atoms with E-state index >= 15 is 0 Å². The van der Waals surface area contributed by atoms with Crippen molar-refractivity contribution in [3.8, 4) is 0 Å². The van der Waals surface area contributed by atoms with Crippen molar-refractivity contribution in [3.63, 3.8) is 0 Å². The Morgan fingerprint density at radius 3 is 2.47 bits per heavy atom. The number of nitrogens with zero attached hydrogens (tertiary/aromatic N) is 1. The molecule has 2 N–H and O–H groups in total. The number of Topliss-reactive ketones (excluding diaryl/α,β-unsaturated/α-hetero) is 1. The normalized spacial score (nSPS) is 19.0. The van der Waals surface area contributed by atoms with Gasteiger partial charge in [-0.3, -0.25) is 19.3 Å². The first kappa shape index (κ1) is 23.7. The Labute approximate surface area is 201 Å². The van der Waals surface area contributed by atoms with Gasteiger partial charge in [0.05, 0.1) is 17.4 Å². The van der Waals surface area contributed by atoms with Gasteiger partial charge in [0.1, 0.15) is 0 Å². The minimum absolute atomic E-state index is 0.0545. The van der Waals surface area contributed by atoms with Gasteiger partial charge < -0.3 is 10.6 Å². The number of ketones is 1. The van der Waals surface area contributed by atoms with Crippen LogP contribution in [-0.4, -0.2) is 24.1 Å². The fourth-order valence-electron chi connectivity index (χ4n) is 4.91. The summed E-state index contributed by atoms with van der Waals surface area (Å²) >= 11 is 0. The molecule has 178 valence electrons. The van der Waals surface area contributed by atoms with Crippen molar-refractivity contribution >= 4 is 29.0 Å². The van der Waals surface area contributed by atoms with Gasteiger partial charge in [-0.05, 0) is 36.0 Å². The van der Waals surface area contributed by atoms with Crippen LogP contribution in [0.4, 0.5) is 11.4 Å². The van der Waals surface area contributed by atoms with E-state index in [0.29, 0.717) is 25.0 Å². The number of hydrogen-bond donors (Lipinski definition) is 2. The highest BCUT2D eigenvalue weighted by Crippen LogP contribution is 2.48. The third kappa shape index (κ3) is 4.91. The predicted octanol–water partition coefficient (Wildman–Crippen LogP) is 5.14. The third-order valence-corrected chi connectivity index (χ3v) is 6.42. The Kier molecular flexibility index (Phi) is 6.87. The van der Waals surface area contributed by atoms with Crippen molar-refractivity contribution in [2.75, 3.05) is 16.8 Å². The molecule has 34 heavy (non-hydrogen) atoms. The number of amides is 2. The number of carbonyl (C=O) groups is 3. The summed E-state index contributed by atoms with van der Waals surface area (Å²) in [6.07, 6.45) is 2.16. The molecule has 6 nitrogen and oxygen atoms in total. The van der Waals surface area contributed by atoms with Crippen LogP contribution in [0, 0.1) is 5.41 Å². The first-order valence-corrected chi connectivity index (χ1v) is 12.1. The summed E-state index contributed by atoms with van der Waals surface area (Å²) in [6, 6.07) is 16.8. The quantitative estimate of drug-likeness (QED) is 0.627. The largest absolute Gasteiger partial charge is 0.357 e. The average molecular weight is 460 g/mol. The average Bonchev–Trinajstić information content (AvgIpc) is 2.95. The van der Waals surface area contributed by atoms with Gasteiger partial charge in [0.25, 0.3) is 0 Å². The van der Waals surface area contributed by atoms with Crippen LogP contribution in [0.1, 0.15) is 64.5 Å². The van der Waals surface area contributed by atoms with Crippen molar-refractivity contribution in [3.05, 3.63) is 71.4 Å². The smallest absolute Gasteiger partial charge is 0.228 e. The molecule has 1 atom stereocenters. The molecule has 0 aromatic heterocycles. The zero-order chi connectivity index (χ0) is 24.3. The number of allylic oxidation sites excluding steroid dienone is 1. The number of anilines is 2. The monoisotopic (exact) mass is 459 g/mol. The number of benzene rings is 2. The van der Waals surface area contributed by atoms with E-state index in [1.807, 2.05) is 61.5 Å². The summed E-state index contributed by atoms with van der Waals surface area (Å²) in [5.41, 5.74) is 3.74. The van der Waals surface area contributed by atoms with Crippen LogP contribution < -0.4 is 15.5 Å². The Morgan fingerprint density at radius 2 is 1.74 bits per heavy atom. The molecule has 0 radical (unpaired) electrons. The van der Waals surface area contributed by atoms with E-state index in [-0.39, 0.29) is 35.9 Å². The van der Waals surface area contributed by atoms with Crippen molar-refractivity contribution in [1.82, 2.24) is 5.32 Å². The molecule has 0 saturated heterocycles. The van der Waals surface area contributed by atoms with E-state index in [4.69, 9.17) is 0 Å². The van der Waals surface area contributed by atoms with E-state index < -0.39 is 6.04 Å². The molecule has 2 aromatic carbocycles. The number of para-hydroxylation sites is 2. The lowest BCUT2D eigenvalue weighted by Crippen LogP contribution is -2.40. The second-order valence-electron chi connectivity index (χ2n) is 9.90. The first-order valence-electron chi connectivity index (χ1n) is 12.1. The van der Waals surface area contributed by atoms with E-state index in [9.17, 15) is 14.4 Å². The second-order valence-corrected chi connectivity index (χ2v) is 9.90. The topological polar surface area (TPSA) is 78.5 Å². The maximum absolute atomic E-state index is 13.8. The zero-order valence-electron chi connectivity index (χ0n) is 20.2. The van der Waals surface area contributed by atoms with E-state index in [1.54, 1.807) is 4.90 Å². The summed E-state index contributed by atoms with van der Waals surface area (Å²) in [7, 11) is 0. The minimum Gasteiger partial charge on any atom is -0.357 e. The standard InChI is InChI=1S/C28H33N3O3/c1-4-16-29-24(33)14-15-25(34)31-22-13-9-8-12-20(22)30-21-17-28(2,3)18-23(32)26(21)27(31)19-10-6-5-7-11-19/h5-13,27,30H,4,14-18H2,1-3H3,(H,29,33)/t27-/m1/s1. The zero-order valence-corrected chi connectivity index (χ0v) is 20.2. The Bertz CT molecular complexity index is 1120. The maximum atomic E-state index is 13.8. The summed E-state index contributed by atoms with van der Waals surface area (Å²) in [4.78, 5) is 41.3. The number of hydrogen-bond acceptors (Lipinski definition) is 4. The van der Waals surface area contributed by atoms with Crippen LogP contribution >= 0.6 is 0 Å². The molecule has 4 rings (SSSR count). The number of rotatable bonds is 6. The number of carbonyl (C=O) groups excluding carboxylic acids is 3. The highest BCUT2D eigenvalue weighted by atomic mass is 16.2. The van der Waals surface area contributed by atoms with Crippen LogP contribution in [0.25, 0.3) is 0 Å². The Morgan fingerprint density at radius 1 is 1.03 bits per heavy atom. The number of fused-ring (bicyclic) bond motifs is 1. The first-order chi connectivity index (χ1) is 16.3. The van der Waals surface area contributed by atoms with E-state index in [0.717, 1.165) is 29.1 Å². The molecule has 1 aliphatic heterocycles. The van der Waals surface area contributed by atoms with Crippen molar-refractivity contribution in [2.45, 2.75) is 58.9 Å². The lowest BCUT2D eigenvalue weighted by molar-refractivity contribution is -0.125. The number of nitrogens with one attached hydrogen (secondary N) is 2. The van der Waals surface area contributed by atoms with Crippen LogP contribution in [0.5, 0.6) is 0 Å². The molecule has 2 aliphatic rings. The molecule has 0 saturated carbocycles. The van der Waals surface area contributed by atoms with Crippen molar-refractivity contribution in [2.24, 2.45) is 5.41 Å². The van der Waals surface area contributed by atoms with Gasteiger partial charge in [0, 0.05) is 37.1 Å². The van der Waals surface area contributed by atoms with Gasteiger partial charge in [-0.2, -0.15) is 0 Å². The lowest BCUT2D eigenvalue weighted by atomic mass is 9.73. The SMILES string of the molecule is CCCNC(=O)CCC(=O)N1c2ccccc2NC2=C(C(=O)CC(C)(C)C2)[C@H]1c1ccccc1. The van der Waals surface area contributed by atoms with Crippen LogP contribution in [-0.2, 0) is 14.4 Å². The molecular formula is C28H33N3O3. The van der Waals surface area contributed by atoms with Gasteiger partial charge in [-0.15, -0.1) is 0 Å². The van der Waals surface area contributed by atoms with Gasteiger partial charge in [-0.1, -0.05) is 63.2 Å². The highest BCUT2D eigenvalue weighted by Gasteiger charge is 2.43. The molecule has 2 amide bonds. The molecule has 0 fully saturated rings. The molecule has 1 heterocycles. The summed E-state index contributed by atoms with van der Waals surface area (Å²) < 4.78 is 0.